The van der Waals surface area contributed by atoms with Crippen molar-refractivity contribution in [2.45, 2.75) is 31.7 Å². The lowest BCUT2D eigenvalue weighted by Gasteiger charge is -2.30. The van der Waals surface area contributed by atoms with Gasteiger partial charge < -0.3 is 16.2 Å². The molecule has 17 heavy (non-hydrogen) atoms. The predicted octanol–water partition coefficient (Wildman–Crippen LogP) is 1.01. The number of nitrogens with two attached hydrogens (primary N) is 1. The minimum atomic E-state index is -0.191. The van der Waals surface area contributed by atoms with Gasteiger partial charge in [0.05, 0.1) is 0 Å². The van der Waals surface area contributed by atoms with Crippen LogP contribution in [-0.4, -0.2) is 28.6 Å². The lowest BCUT2D eigenvalue weighted by Crippen LogP contribution is -2.43. The molecule has 0 bridgehead atoms. The average Bonchev–Trinajstić information content (AvgIpc) is 2.77. The fourth-order valence-corrected chi connectivity index (χ4v) is 2.79. The average molecular weight is 255 g/mol. The molecule has 0 aliphatic heterocycles. The number of nitrogen functional groups attached to an aromatic ring is 1. The monoisotopic (exact) mass is 255 g/mol. The van der Waals surface area contributed by atoms with E-state index < -0.39 is 0 Å². The first kappa shape index (κ1) is 12.3. The quantitative estimate of drug-likeness (QED) is 0.752. The number of anilines is 1. The highest BCUT2D eigenvalue weighted by Gasteiger charge is 2.26. The van der Waals surface area contributed by atoms with E-state index in [2.05, 4.69) is 10.3 Å². The SMILES string of the molecule is Nc1nc(C(=O)NC2CCCCC2CO)cs1. The number of aromatic nitrogens is 1. The van der Waals surface area contributed by atoms with Gasteiger partial charge in [-0.3, -0.25) is 4.79 Å². The van der Waals surface area contributed by atoms with Gasteiger partial charge in [0, 0.05) is 23.9 Å². The molecular weight excluding hydrogens is 238 g/mol. The number of hydrogen-bond donors (Lipinski definition) is 3. The summed E-state index contributed by atoms with van der Waals surface area (Å²) >= 11 is 1.26. The van der Waals surface area contributed by atoms with Crippen molar-refractivity contribution in [3.63, 3.8) is 0 Å². The van der Waals surface area contributed by atoms with E-state index in [1.165, 1.54) is 11.3 Å². The predicted molar refractivity (Wildman–Crippen MR) is 66.8 cm³/mol. The first-order valence-corrected chi connectivity index (χ1v) is 6.71. The van der Waals surface area contributed by atoms with Crippen molar-refractivity contribution in [1.82, 2.24) is 10.3 Å². The summed E-state index contributed by atoms with van der Waals surface area (Å²) < 4.78 is 0. The molecule has 4 N–H and O–H groups in total. The highest BCUT2D eigenvalue weighted by molar-refractivity contribution is 7.13. The molecule has 0 aromatic carbocycles. The molecule has 1 aromatic heterocycles. The second-order valence-electron chi connectivity index (χ2n) is 4.38. The van der Waals surface area contributed by atoms with E-state index in [1.54, 1.807) is 5.38 Å². The summed E-state index contributed by atoms with van der Waals surface area (Å²) in [5.74, 6) is -0.0213. The molecule has 1 aromatic rings. The van der Waals surface area contributed by atoms with Crippen LogP contribution in [0, 0.1) is 5.92 Å². The van der Waals surface area contributed by atoms with E-state index in [0.29, 0.717) is 10.8 Å². The number of aliphatic hydroxyl groups is 1. The zero-order chi connectivity index (χ0) is 12.3. The van der Waals surface area contributed by atoms with Gasteiger partial charge in [-0.25, -0.2) is 4.98 Å². The summed E-state index contributed by atoms with van der Waals surface area (Å²) in [6.45, 7) is 0.129. The maximum absolute atomic E-state index is 11.9. The van der Waals surface area contributed by atoms with Crippen LogP contribution < -0.4 is 11.1 Å². The summed E-state index contributed by atoms with van der Waals surface area (Å²) in [5, 5.41) is 14.3. The standard InChI is InChI=1S/C11H17N3O2S/c12-11-14-9(6-17-11)10(16)13-8-4-2-1-3-7(8)5-15/h6-8,15H,1-5H2,(H2,12,14)(H,13,16). The third kappa shape index (κ3) is 2.95. The van der Waals surface area contributed by atoms with Crippen molar-refractivity contribution < 1.29 is 9.90 Å². The second-order valence-corrected chi connectivity index (χ2v) is 5.27. The molecule has 2 unspecified atom stereocenters. The lowest BCUT2D eigenvalue weighted by atomic mass is 9.85. The third-order valence-electron chi connectivity index (χ3n) is 3.21. The molecule has 1 aliphatic carbocycles. The van der Waals surface area contributed by atoms with Crippen LogP contribution in [0.1, 0.15) is 36.2 Å². The Labute approximate surface area is 104 Å². The number of hydrogen-bond acceptors (Lipinski definition) is 5. The number of amides is 1. The van der Waals surface area contributed by atoms with Crippen LogP contribution >= 0.6 is 11.3 Å². The number of nitrogens with one attached hydrogen (secondary N) is 1. The van der Waals surface area contributed by atoms with E-state index in [4.69, 9.17) is 5.73 Å². The first-order valence-electron chi connectivity index (χ1n) is 5.83. The smallest absolute Gasteiger partial charge is 0.271 e. The Balaban J connectivity index is 1.97. The van der Waals surface area contributed by atoms with Gasteiger partial charge in [0.25, 0.3) is 5.91 Å². The van der Waals surface area contributed by atoms with Crippen LogP contribution in [0.25, 0.3) is 0 Å². The van der Waals surface area contributed by atoms with E-state index >= 15 is 0 Å². The summed E-state index contributed by atoms with van der Waals surface area (Å²) in [6, 6.07) is 0.0594. The number of aliphatic hydroxyl groups excluding tert-OH is 1. The number of rotatable bonds is 3. The van der Waals surface area contributed by atoms with Gasteiger partial charge in [-0.1, -0.05) is 12.8 Å². The molecule has 1 heterocycles. The van der Waals surface area contributed by atoms with Crippen molar-refractivity contribution in [1.29, 1.82) is 0 Å². The Bertz CT molecular complexity index is 394. The molecule has 1 aliphatic rings. The van der Waals surface area contributed by atoms with Crippen LogP contribution in [0.15, 0.2) is 5.38 Å². The van der Waals surface area contributed by atoms with Gasteiger partial charge in [-0.15, -0.1) is 11.3 Å². The minimum absolute atomic E-state index is 0.0594. The molecule has 0 spiro atoms. The van der Waals surface area contributed by atoms with Gasteiger partial charge in [0.2, 0.25) is 0 Å². The summed E-state index contributed by atoms with van der Waals surface area (Å²) in [6.07, 6.45) is 4.12. The zero-order valence-corrected chi connectivity index (χ0v) is 10.4. The van der Waals surface area contributed by atoms with Gasteiger partial charge in [-0.2, -0.15) is 0 Å². The Morgan fingerprint density at radius 1 is 1.59 bits per heavy atom. The fraction of sp³-hybridized carbons (Fsp3) is 0.636. The minimum Gasteiger partial charge on any atom is -0.396 e. The van der Waals surface area contributed by atoms with Crippen LogP contribution in [0.3, 0.4) is 0 Å². The van der Waals surface area contributed by atoms with E-state index in [1.807, 2.05) is 0 Å². The van der Waals surface area contributed by atoms with Gasteiger partial charge in [0.15, 0.2) is 5.13 Å². The van der Waals surface area contributed by atoms with E-state index in [9.17, 15) is 9.90 Å². The lowest BCUT2D eigenvalue weighted by molar-refractivity contribution is 0.0868. The highest BCUT2D eigenvalue weighted by atomic mass is 32.1. The Morgan fingerprint density at radius 3 is 3.00 bits per heavy atom. The topological polar surface area (TPSA) is 88.2 Å². The van der Waals surface area contributed by atoms with Crippen LogP contribution in [0.4, 0.5) is 5.13 Å². The van der Waals surface area contributed by atoms with Crippen molar-refractivity contribution in [2.24, 2.45) is 5.92 Å². The van der Waals surface area contributed by atoms with E-state index in [-0.39, 0.29) is 24.5 Å². The maximum Gasteiger partial charge on any atom is 0.271 e. The molecule has 6 heteroatoms. The van der Waals surface area contributed by atoms with Crippen LogP contribution in [-0.2, 0) is 0 Å². The molecular formula is C11H17N3O2S. The van der Waals surface area contributed by atoms with Crippen molar-refractivity contribution >= 4 is 22.4 Å². The second kappa shape index (κ2) is 5.46. The molecule has 2 rings (SSSR count). The third-order valence-corrected chi connectivity index (χ3v) is 3.89. The van der Waals surface area contributed by atoms with Gasteiger partial charge >= 0.3 is 0 Å². The van der Waals surface area contributed by atoms with E-state index in [0.717, 1.165) is 25.7 Å². The fourth-order valence-electron chi connectivity index (χ4n) is 2.25. The Hall–Kier alpha value is -1.14. The molecule has 2 atom stereocenters. The molecule has 1 amide bonds. The molecule has 0 radical (unpaired) electrons. The molecule has 5 nitrogen and oxygen atoms in total. The first-order chi connectivity index (χ1) is 8.20. The van der Waals surface area contributed by atoms with Crippen molar-refractivity contribution in [2.75, 3.05) is 12.3 Å². The molecule has 1 saturated carbocycles. The number of carbonyl (C=O) groups excluding carboxylic acids is 1. The highest BCUT2D eigenvalue weighted by Crippen LogP contribution is 2.24. The van der Waals surface area contributed by atoms with Gasteiger partial charge in [0.1, 0.15) is 5.69 Å². The number of thiazole rings is 1. The zero-order valence-electron chi connectivity index (χ0n) is 9.56. The summed E-state index contributed by atoms with van der Waals surface area (Å²) in [4.78, 5) is 15.8. The Kier molecular flexibility index (Phi) is 3.96. The van der Waals surface area contributed by atoms with Crippen molar-refractivity contribution in [3.05, 3.63) is 11.1 Å². The van der Waals surface area contributed by atoms with Crippen LogP contribution in [0.5, 0.6) is 0 Å². The molecule has 94 valence electrons. The van der Waals surface area contributed by atoms with Gasteiger partial charge in [-0.05, 0) is 12.8 Å². The summed E-state index contributed by atoms with van der Waals surface area (Å²) in [5.41, 5.74) is 5.86. The number of nitrogens with zero attached hydrogens (tertiary/aromatic N) is 1. The number of carbonyl (C=O) groups is 1. The normalized spacial score (nSPS) is 24.5. The van der Waals surface area contributed by atoms with Crippen LogP contribution in [0.2, 0.25) is 0 Å². The molecule has 1 fully saturated rings. The largest absolute Gasteiger partial charge is 0.396 e. The summed E-state index contributed by atoms with van der Waals surface area (Å²) in [7, 11) is 0. The Morgan fingerprint density at radius 2 is 2.35 bits per heavy atom. The maximum atomic E-state index is 11.9. The molecule has 0 saturated heterocycles. The van der Waals surface area contributed by atoms with Crippen molar-refractivity contribution in [3.8, 4) is 0 Å².